The fourth-order valence-corrected chi connectivity index (χ4v) is 2.56. The van der Waals surface area contributed by atoms with Crippen molar-refractivity contribution in [2.24, 2.45) is 0 Å². The average Bonchev–Trinajstić information content (AvgIpc) is 3.12. The molecule has 0 bridgehead atoms. The van der Waals surface area contributed by atoms with E-state index in [0.29, 0.717) is 5.92 Å². The first-order valence-corrected chi connectivity index (χ1v) is 6.18. The zero-order valence-corrected chi connectivity index (χ0v) is 10.0. The fraction of sp³-hybridized carbons (Fsp3) is 0.200. The summed E-state index contributed by atoms with van der Waals surface area (Å²) in [6, 6.07) is 12.6. The lowest BCUT2D eigenvalue weighted by molar-refractivity contribution is 0.628. The second-order valence-electron chi connectivity index (χ2n) is 4.49. The summed E-state index contributed by atoms with van der Waals surface area (Å²) in [4.78, 5) is 0. The SMILES string of the molecule is Fc1cccc(-c2cccc(Cl)c2C2CC2)c1. The molecule has 1 fully saturated rings. The Balaban J connectivity index is 2.17. The minimum absolute atomic E-state index is 0.204. The second kappa shape index (κ2) is 4.15. The van der Waals surface area contributed by atoms with Crippen molar-refractivity contribution in [3.63, 3.8) is 0 Å². The highest BCUT2D eigenvalue weighted by atomic mass is 35.5. The third kappa shape index (κ3) is 2.07. The highest BCUT2D eigenvalue weighted by Gasteiger charge is 2.28. The van der Waals surface area contributed by atoms with E-state index in [4.69, 9.17) is 11.6 Å². The van der Waals surface area contributed by atoms with Crippen LogP contribution in [0.2, 0.25) is 5.02 Å². The molecule has 0 amide bonds. The predicted octanol–water partition coefficient (Wildman–Crippen LogP) is 5.02. The zero-order valence-electron chi connectivity index (χ0n) is 9.29. The first kappa shape index (κ1) is 10.8. The molecule has 17 heavy (non-hydrogen) atoms. The molecule has 1 saturated carbocycles. The largest absolute Gasteiger partial charge is 0.207 e. The topological polar surface area (TPSA) is 0 Å². The van der Waals surface area contributed by atoms with E-state index in [1.807, 2.05) is 24.3 Å². The highest BCUT2D eigenvalue weighted by molar-refractivity contribution is 6.31. The van der Waals surface area contributed by atoms with Crippen LogP contribution >= 0.6 is 11.6 Å². The van der Waals surface area contributed by atoms with Crippen LogP contribution in [0.4, 0.5) is 4.39 Å². The lowest BCUT2D eigenvalue weighted by Crippen LogP contribution is -1.89. The minimum atomic E-state index is -0.204. The Kier molecular flexibility index (Phi) is 2.64. The van der Waals surface area contributed by atoms with Gasteiger partial charge < -0.3 is 0 Å². The van der Waals surface area contributed by atoms with Gasteiger partial charge in [-0.2, -0.15) is 0 Å². The highest BCUT2D eigenvalue weighted by Crippen LogP contribution is 2.47. The Hall–Kier alpha value is -1.34. The molecular formula is C15H12ClF. The molecule has 0 unspecified atom stereocenters. The molecule has 0 radical (unpaired) electrons. The standard InChI is InChI=1S/C15H12ClF/c16-14-6-2-5-13(15(14)10-7-8-10)11-3-1-4-12(17)9-11/h1-6,9-10H,7-8H2. The predicted molar refractivity (Wildman–Crippen MR) is 68.8 cm³/mol. The molecule has 1 aliphatic carbocycles. The molecule has 2 heteroatoms. The molecular weight excluding hydrogens is 235 g/mol. The molecule has 1 aliphatic rings. The van der Waals surface area contributed by atoms with E-state index in [-0.39, 0.29) is 5.82 Å². The van der Waals surface area contributed by atoms with Crippen LogP contribution in [-0.4, -0.2) is 0 Å². The third-order valence-electron chi connectivity index (χ3n) is 3.17. The smallest absolute Gasteiger partial charge is 0.123 e. The van der Waals surface area contributed by atoms with E-state index in [1.165, 1.54) is 24.5 Å². The number of benzene rings is 2. The molecule has 3 rings (SSSR count). The molecule has 2 aromatic carbocycles. The van der Waals surface area contributed by atoms with Gasteiger partial charge in [-0.05, 0) is 53.6 Å². The van der Waals surface area contributed by atoms with Crippen LogP contribution in [0.1, 0.15) is 24.3 Å². The van der Waals surface area contributed by atoms with Crippen LogP contribution < -0.4 is 0 Å². The van der Waals surface area contributed by atoms with E-state index < -0.39 is 0 Å². The Morgan fingerprint density at radius 1 is 1.06 bits per heavy atom. The number of rotatable bonds is 2. The molecule has 0 aliphatic heterocycles. The van der Waals surface area contributed by atoms with Crippen molar-refractivity contribution in [1.82, 2.24) is 0 Å². The maximum Gasteiger partial charge on any atom is 0.123 e. The Morgan fingerprint density at radius 2 is 1.82 bits per heavy atom. The van der Waals surface area contributed by atoms with Gasteiger partial charge >= 0.3 is 0 Å². The van der Waals surface area contributed by atoms with Gasteiger partial charge in [-0.25, -0.2) is 4.39 Å². The second-order valence-corrected chi connectivity index (χ2v) is 4.89. The molecule has 2 aromatic rings. The van der Waals surface area contributed by atoms with Crippen LogP contribution in [0.25, 0.3) is 11.1 Å². The molecule has 0 spiro atoms. The van der Waals surface area contributed by atoms with E-state index in [2.05, 4.69) is 0 Å². The zero-order chi connectivity index (χ0) is 11.8. The fourth-order valence-electron chi connectivity index (χ4n) is 2.23. The van der Waals surface area contributed by atoms with Gasteiger partial charge in [0.05, 0.1) is 0 Å². The van der Waals surface area contributed by atoms with Gasteiger partial charge in [-0.3, -0.25) is 0 Å². The van der Waals surface area contributed by atoms with Crippen molar-refractivity contribution < 1.29 is 4.39 Å². The van der Waals surface area contributed by atoms with Crippen LogP contribution in [0.15, 0.2) is 42.5 Å². The third-order valence-corrected chi connectivity index (χ3v) is 3.50. The Labute approximate surface area is 105 Å². The normalized spacial score (nSPS) is 14.9. The van der Waals surface area contributed by atoms with Gasteiger partial charge in [-0.15, -0.1) is 0 Å². The maximum atomic E-state index is 13.3. The van der Waals surface area contributed by atoms with Crippen molar-refractivity contribution in [1.29, 1.82) is 0 Å². The van der Waals surface area contributed by atoms with Crippen molar-refractivity contribution in [2.45, 2.75) is 18.8 Å². The van der Waals surface area contributed by atoms with E-state index >= 15 is 0 Å². The van der Waals surface area contributed by atoms with Gasteiger partial charge in [0.1, 0.15) is 5.82 Å². The van der Waals surface area contributed by atoms with Crippen molar-refractivity contribution in [3.05, 3.63) is 58.9 Å². The van der Waals surface area contributed by atoms with Crippen LogP contribution in [-0.2, 0) is 0 Å². The molecule has 0 heterocycles. The summed E-state index contributed by atoms with van der Waals surface area (Å²) in [5.74, 6) is 0.353. The number of halogens is 2. The van der Waals surface area contributed by atoms with Gasteiger partial charge in [0.25, 0.3) is 0 Å². The Bertz CT molecular complexity index is 559. The summed E-state index contributed by atoms with van der Waals surface area (Å²) in [6.07, 6.45) is 2.37. The molecule has 0 saturated heterocycles. The van der Waals surface area contributed by atoms with Crippen LogP contribution in [0.5, 0.6) is 0 Å². The number of hydrogen-bond donors (Lipinski definition) is 0. The van der Waals surface area contributed by atoms with Gasteiger partial charge in [-0.1, -0.05) is 35.9 Å². The summed E-state index contributed by atoms with van der Waals surface area (Å²) in [7, 11) is 0. The molecule has 0 atom stereocenters. The lowest BCUT2D eigenvalue weighted by Gasteiger charge is -2.11. The molecule has 0 N–H and O–H groups in total. The van der Waals surface area contributed by atoms with E-state index in [0.717, 1.165) is 16.1 Å². The van der Waals surface area contributed by atoms with Gasteiger partial charge in [0.15, 0.2) is 0 Å². The van der Waals surface area contributed by atoms with Crippen molar-refractivity contribution >= 4 is 11.6 Å². The van der Waals surface area contributed by atoms with Crippen LogP contribution in [0.3, 0.4) is 0 Å². The Morgan fingerprint density at radius 3 is 2.53 bits per heavy atom. The lowest BCUT2D eigenvalue weighted by atomic mass is 9.96. The van der Waals surface area contributed by atoms with Gasteiger partial charge in [0, 0.05) is 5.02 Å². The van der Waals surface area contributed by atoms with Crippen molar-refractivity contribution in [3.8, 4) is 11.1 Å². The summed E-state index contributed by atoms with van der Waals surface area (Å²) < 4.78 is 13.3. The average molecular weight is 247 g/mol. The quantitative estimate of drug-likeness (QED) is 0.698. The summed E-state index contributed by atoms with van der Waals surface area (Å²) in [5.41, 5.74) is 3.16. The van der Waals surface area contributed by atoms with Gasteiger partial charge in [0.2, 0.25) is 0 Å². The van der Waals surface area contributed by atoms with Crippen molar-refractivity contribution in [2.75, 3.05) is 0 Å². The summed E-state index contributed by atoms with van der Waals surface area (Å²) >= 11 is 6.26. The summed E-state index contributed by atoms with van der Waals surface area (Å²) in [6.45, 7) is 0. The summed E-state index contributed by atoms with van der Waals surface area (Å²) in [5, 5.41) is 0.800. The maximum absolute atomic E-state index is 13.3. The van der Waals surface area contributed by atoms with E-state index in [9.17, 15) is 4.39 Å². The first-order chi connectivity index (χ1) is 8.25. The molecule has 0 aromatic heterocycles. The van der Waals surface area contributed by atoms with Crippen LogP contribution in [0, 0.1) is 5.82 Å². The number of hydrogen-bond acceptors (Lipinski definition) is 0. The monoisotopic (exact) mass is 246 g/mol. The molecule has 0 nitrogen and oxygen atoms in total. The molecule has 86 valence electrons. The minimum Gasteiger partial charge on any atom is -0.207 e. The van der Waals surface area contributed by atoms with E-state index in [1.54, 1.807) is 12.1 Å². The first-order valence-electron chi connectivity index (χ1n) is 5.80.